The molecule has 0 aliphatic heterocycles. The van der Waals surface area contributed by atoms with E-state index in [1.807, 2.05) is 12.1 Å². The van der Waals surface area contributed by atoms with Gasteiger partial charge < -0.3 is 0 Å². The Labute approximate surface area is 177 Å². The van der Waals surface area contributed by atoms with E-state index in [4.69, 9.17) is 0 Å². The molecule has 0 N–H and O–H groups in total. The van der Waals surface area contributed by atoms with Crippen LogP contribution >= 0.6 is 0 Å². The molecule has 2 aliphatic rings. The van der Waals surface area contributed by atoms with Gasteiger partial charge in [0, 0.05) is 5.39 Å². The van der Waals surface area contributed by atoms with Crippen LogP contribution in [0, 0.1) is 23.6 Å². The molecule has 0 aromatic heterocycles. The molecule has 4 heteroatoms. The second kappa shape index (κ2) is 8.88. The molecule has 0 bridgehead atoms. The molecule has 2 fully saturated rings. The summed E-state index contributed by atoms with van der Waals surface area (Å²) in [6.45, 7) is 2.26. The number of hydrogen-bond acceptors (Lipinski definition) is 0. The van der Waals surface area contributed by atoms with Gasteiger partial charge in [0.25, 0.3) is 0 Å². The van der Waals surface area contributed by atoms with Gasteiger partial charge in [0.15, 0.2) is 0 Å². The first-order valence-corrected chi connectivity index (χ1v) is 11.7. The van der Waals surface area contributed by atoms with Gasteiger partial charge in [-0.3, -0.25) is 0 Å². The van der Waals surface area contributed by atoms with Gasteiger partial charge in [-0.1, -0.05) is 63.3 Å². The van der Waals surface area contributed by atoms with E-state index in [9.17, 15) is 17.6 Å². The maximum atomic E-state index is 14.4. The maximum Gasteiger partial charge on any atom is 0.419 e. The van der Waals surface area contributed by atoms with Gasteiger partial charge in [-0.15, -0.1) is 0 Å². The van der Waals surface area contributed by atoms with Gasteiger partial charge in [0.05, 0.1) is 5.56 Å². The van der Waals surface area contributed by atoms with Crippen molar-refractivity contribution in [2.75, 3.05) is 0 Å². The van der Waals surface area contributed by atoms with E-state index in [2.05, 4.69) is 6.92 Å². The average Bonchev–Trinajstić information content (AvgIpc) is 2.72. The van der Waals surface area contributed by atoms with Crippen molar-refractivity contribution in [1.82, 2.24) is 0 Å². The SMILES string of the molecule is CCCCC[C@@H]1CC[C@@H]2CC(c3ccc4c(F)c(C(F)(F)F)ccc4c3)CCC2C1. The van der Waals surface area contributed by atoms with Crippen LogP contribution in [0.1, 0.15) is 88.2 Å². The summed E-state index contributed by atoms with van der Waals surface area (Å²) < 4.78 is 53.3. The first-order valence-electron chi connectivity index (χ1n) is 11.7. The van der Waals surface area contributed by atoms with E-state index in [1.165, 1.54) is 63.9 Å². The molecule has 2 unspecified atom stereocenters. The molecule has 30 heavy (non-hydrogen) atoms. The molecule has 0 nitrogen and oxygen atoms in total. The first-order chi connectivity index (χ1) is 14.4. The lowest BCUT2D eigenvalue weighted by molar-refractivity contribution is -0.139. The lowest BCUT2D eigenvalue weighted by Crippen LogP contribution is -2.30. The number of fused-ring (bicyclic) bond motifs is 2. The quantitative estimate of drug-likeness (QED) is 0.335. The number of unbranched alkanes of at least 4 members (excludes halogenated alkanes) is 2. The molecule has 0 amide bonds. The standard InChI is InChI=1S/C26H32F4/c1-2-3-4-5-17-6-7-19-15-20(9-8-18(19)14-17)21-10-12-23-22(16-21)11-13-24(25(23)27)26(28,29)30/h10-13,16-20H,2-9,14-15H2,1H3/t17-,18?,19-,20?/m1/s1. The molecule has 0 radical (unpaired) electrons. The molecule has 2 saturated carbocycles. The summed E-state index contributed by atoms with van der Waals surface area (Å²) in [6, 6.07) is 7.61. The Morgan fingerprint density at radius 3 is 2.43 bits per heavy atom. The van der Waals surface area contributed by atoms with E-state index in [1.54, 1.807) is 6.07 Å². The third kappa shape index (κ3) is 4.53. The molecule has 2 aliphatic carbocycles. The van der Waals surface area contributed by atoms with Gasteiger partial charge in [-0.2, -0.15) is 13.2 Å². The van der Waals surface area contributed by atoms with Crippen molar-refractivity contribution in [2.45, 2.75) is 83.2 Å². The summed E-state index contributed by atoms with van der Waals surface area (Å²) in [5.74, 6) is 1.80. The summed E-state index contributed by atoms with van der Waals surface area (Å²) in [6.07, 6.45) is 8.32. The fourth-order valence-corrected chi connectivity index (χ4v) is 6.02. The van der Waals surface area contributed by atoms with E-state index in [0.29, 0.717) is 11.3 Å². The summed E-state index contributed by atoms with van der Waals surface area (Å²) in [5, 5.41) is 0.634. The third-order valence-corrected chi connectivity index (χ3v) is 7.69. The minimum absolute atomic E-state index is 0.0647. The number of rotatable bonds is 5. The highest BCUT2D eigenvalue weighted by Gasteiger charge is 2.37. The van der Waals surface area contributed by atoms with Crippen LogP contribution in [0.5, 0.6) is 0 Å². The van der Waals surface area contributed by atoms with Crippen LogP contribution in [-0.4, -0.2) is 0 Å². The zero-order valence-corrected chi connectivity index (χ0v) is 17.8. The van der Waals surface area contributed by atoms with E-state index in [-0.39, 0.29) is 5.39 Å². The molecule has 164 valence electrons. The van der Waals surface area contributed by atoms with Crippen molar-refractivity contribution < 1.29 is 17.6 Å². The van der Waals surface area contributed by atoms with Crippen molar-refractivity contribution >= 4 is 10.8 Å². The van der Waals surface area contributed by atoms with Crippen molar-refractivity contribution in [1.29, 1.82) is 0 Å². The van der Waals surface area contributed by atoms with Crippen molar-refractivity contribution in [2.24, 2.45) is 17.8 Å². The van der Waals surface area contributed by atoms with Gasteiger partial charge >= 0.3 is 6.18 Å². The Bertz CT molecular complexity index is 869. The molecule has 0 saturated heterocycles. The van der Waals surface area contributed by atoms with Crippen LogP contribution in [0.2, 0.25) is 0 Å². The van der Waals surface area contributed by atoms with Crippen molar-refractivity contribution in [3.05, 3.63) is 47.3 Å². The van der Waals surface area contributed by atoms with Crippen LogP contribution in [0.3, 0.4) is 0 Å². The van der Waals surface area contributed by atoms with E-state index < -0.39 is 17.6 Å². The number of hydrogen-bond donors (Lipinski definition) is 0. The van der Waals surface area contributed by atoms with Gasteiger partial charge in [0.2, 0.25) is 0 Å². The minimum Gasteiger partial charge on any atom is -0.206 e. The van der Waals surface area contributed by atoms with E-state index >= 15 is 0 Å². The second-order valence-electron chi connectivity index (χ2n) is 9.61. The van der Waals surface area contributed by atoms with Gasteiger partial charge in [-0.25, -0.2) is 4.39 Å². The molecule has 4 rings (SSSR count). The van der Waals surface area contributed by atoms with Crippen molar-refractivity contribution in [3.8, 4) is 0 Å². The number of halogens is 4. The second-order valence-corrected chi connectivity index (χ2v) is 9.61. The highest BCUT2D eigenvalue weighted by Crippen LogP contribution is 2.48. The van der Waals surface area contributed by atoms with Crippen molar-refractivity contribution in [3.63, 3.8) is 0 Å². The summed E-state index contributed by atoms with van der Waals surface area (Å²) in [7, 11) is 0. The lowest BCUT2D eigenvalue weighted by Gasteiger charge is -2.42. The largest absolute Gasteiger partial charge is 0.419 e. The van der Waals surface area contributed by atoms with E-state index in [0.717, 1.165) is 35.8 Å². The lowest BCUT2D eigenvalue weighted by atomic mass is 9.63. The Balaban J connectivity index is 1.44. The van der Waals surface area contributed by atoms with Crippen LogP contribution in [0.25, 0.3) is 10.8 Å². The number of alkyl halides is 3. The summed E-state index contributed by atoms with van der Waals surface area (Å²) in [4.78, 5) is 0. The molecule has 0 spiro atoms. The fourth-order valence-electron chi connectivity index (χ4n) is 6.02. The predicted molar refractivity (Wildman–Crippen MR) is 114 cm³/mol. The summed E-state index contributed by atoms with van der Waals surface area (Å²) in [5.41, 5.74) is -0.0240. The Morgan fingerprint density at radius 1 is 0.900 bits per heavy atom. The summed E-state index contributed by atoms with van der Waals surface area (Å²) >= 11 is 0. The van der Waals surface area contributed by atoms with Gasteiger partial charge in [-0.05, 0) is 72.8 Å². The van der Waals surface area contributed by atoms with Crippen LogP contribution < -0.4 is 0 Å². The average molecular weight is 421 g/mol. The molecule has 2 aromatic rings. The Hall–Kier alpha value is -1.58. The Kier molecular flexibility index (Phi) is 6.41. The number of benzene rings is 2. The third-order valence-electron chi connectivity index (χ3n) is 7.69. The zero-order chi connectivity index (χ0) is 21.3. The predicted octanol–water partition coefficient (Wildman–Crippen LogP) is 8.88. The highest BCUT2D eigenvalue weighted by molar-refractivity contribution is 5.84. The highest BCUT2D eigenvalue weighted by atomic mass is 19.4. The van der Waals surface area contributed by atoms with Gasteiger partial charge in [0.1, 0.15) is 5.82 Å². The molecule has 4 atom stereocenters. The smallest absolute Gasteiger partial charge is 0.206 e. The molecule has 2 aromatic carbocycles. The monoisotopic (exact) mass is 420 g/mol. The zero-order valence-electron chi connectivity index (χ0n) is 17.8. The van der Waals surface area contributed by atoms with Crippen LogP contribution in [0.4, 0.5) is 17.6 Å². The molecular formula is C26H32F4. The fraction of sp³-hybridized carbons (Fsp3) is 0.615. The maximum absolute atomic E-state index is 14.4. The topological polar surface area (TPSA) is 0 Å². The Morgan fingerprint density at radius 2 is 1.67 bits per heavy atom. The minimum atomic E-state index is -4.66. The normalized spacial score (nSPS) is 27.2. The van der Waals surface area contributed by atoms with Crippen LogP contribution in [-0.2, 0) is 6.18 Å². The first kappa shape index (κ1) is 21.6. The molecule has 0 heterocycles. The van der Waals surface area contributed by atoms with Crippen LogP contribution in [0.15, 0.2) is 30.3 Å². The molecular weight excluding hydrogens is 388 g/mol.